The molecular formula is C17H37KN2O5-12. The molecule has 158 valence electrons. The van der Waals surface area contributed by atoms with Gasteiger partial charge in [-0.25, -0.2) is 0 Å². The number of ether oxygens (including phenoxy) is 2. The van der Waals surface area contributed by atoms with Crippen LogP contribution in [0.15, 0.2) is 0 Å². The van der Waals surface area contributed by atoms with Crippen molar-refractivity contribution < 1.29 is 93.8 Å². The number of esters is 2. The molecule has 0 saturated heterocycles. The molecule has 8 heteroatoms. The van der Waals surface area contributed by atoms with E-state index in [2.05, 4.69) is 9.84 Å². The normalized spacial score (nSPS) is 15.7. The fourth-order valence-corrected chi connectivity index (χ4v) is 3.06. The van der Waals surface area contributed by atoms with Crippen LogP contribution in [-0.4, -0.2) is 41.2 Å². The van der Waals surface area contributed by atoms with E-state index in [1.54, 1.807) is 11.6 Å². The molecule has 1 aromatic heterocycles. The molecule has 25 heavy (non-hydrogen) atoms. The fraction of sp³-hybridized carbons (Fsp3) is 0.647. The summed E-state index contributed by atoms with van der Waals surface area (Å²) in [5.74, 6) is -0.969. The van der Waals surface area contributed by atoms with Gasteiger partial charge in [0.25, 0.3) is 0 Å². The van der Waals surface area contributed by atoms with Gasteiger partial charge in [0.05, 0.1) is 32.4 Å². The number of aromatic nitrogens is 2. The Labute approximate surface area is 209 Å². The number of hydrogen-bond acceptors (Lipinski definition) is 6. The summed E-state index contributed by atoms with van der Waals surface area (Å²) in [7, 11) is 1.36. The SMILES string of the molecule is CCOC(=O)CC(=O)C1CCc2nn(CCC(=O)OC)c(C)c2C1.[3H-].[3H-].[3H-].[3H-].[3H-].[3H-].[3H-].[3H-].[3H-].[3H-].[3H-].[3H-].[3H-].[K+]. The second-order valence-electron chi connectivity index (χ2n) is 5.95. The number of nitrogens with zero attached hydrogens (tertiary/aromatic N) is 2. The van der Waals surface area contributed by atoms with Crippen molar-refractivity contribution in [2.24, 2.45) is 5.92 Å². The summed E-state index contributed by atoms with van der Waals surface area (Å²) in [5.41, 5.74) is 3.02. The minimum atomic E-state index is -0.459. The molecule has 2 rings (SSSR count). The van der Waals surface area contributed by atoms with E-state index < -0.39 is 5.97 Å². The molecule has 0 bridgehead atoms. The Balaban J connectivity index is -0.0000000406. The van der Waals surface area contributed by atoms with Crippen molar-refractivity contribution >= 4 is 17.7 Å². The zero-order chi connectivity index (χ0) is 17.7. The predicted octanol–water partition coefficient (Wildman–Crippen LogP) is -0.152. The molecule has 0 amide bonds. The van der Waals surface area contributed by atoms with Crippen molar-refractivity contribution in [3.63, 3.8) is 0 Å². The number of fused-ring (bicyclic) bond motifs is 1. The maximum atomic E-state index is 12.3. The Kier molecular flexibility index (Phi) is 9.51. The van der Waals surface area contributed by atoms with Gasteiger partial charge in [-0.05, 0) is 38.7 Å². The number of aryl methyl sites for hydroxylation is 2. The van der Waals surface area contributed by atoms with E-state index in [1.165, 1.54) is 7.11 Å². The number of carbonyl (C=O) groups is 3. The van der Waals surface area contributed by atoms with Gasteiger partial charge in [0.2, 0.25) is 0 Å². The first kappa shape index (κ1) is 22.5. The Bertz CT molecular complexity index is 676. The number of hydrogen-bond donors (Lipinski definition) is 0. The van der Waals surface area contributed by atoms with Crippen LogP contribution in [0.1, 0.15) is 61.7 Å². The van der Waals surface area contributed by atoms with E-state index in [4.69, 9.17) is 4.74 Å². The average molecular weight is 415 g/mol. The van der Waals surface area contributed by atoms with Crippen LogP contribution >= 0.6 is 0 Å². The van der Waals surface area contributed by atoms with Crippen LogP contribution in [0.2, 0.25) is 0 Å². The van der Waals surface area contributed by atoms with E-state index in [9.17, 15) is 14.4 Å². The maximum Gasteiger partial charge on any atom is 1.00 e. The molecule has 0 saturated carbocycles. The van der Waals surface area contributed by atoms with Crippen LogP contribution < -0.4 is 51.4 Å². The molecule has 1 aliphatic carbocycles. The molecule has 1 atom stereocenters. The van der Waals surface area contributed by atoms with Gasteiger partial charge in [-0.1, -0.05) is 0 Å². The largest absolute Gasteiger partial charge is 1.00 e. The number of Topliss-reactive ketones (excluding diaryl/α,β-unsaturated/α-hetero) is 1. The second-order valence-corrected chi connectivity index (χ2v) is 5.95. The molecule has 7 nitrogen and oxygen atoms in total. The first-order valence-electron chi connectivity index (χ1n) is 8.26. The third-order valence-corrected chi connectivity index (χ3v) is 4.43. The number of carbonyl (C=O) groups excluding carboxylic acids is 3. The van der Waals surface area contributed by atoms with Gasteiger partial charge < -0.3 is 28.0 Å². The number of ketones is 1. The van der Waals surface area contributed by atoms with Crippen LogP contribution in [0.25, 0.3) is 0 Å². The zero-order valence-electron chi connectivity index (χ0n) is 28.5. The molecule has 0 spiro atoms. The van der Waals surface area contributed by atoms with Gasteiger partial charge in [0.1, 0.15) is 12.2 Å². The van der Waals surface area contributed by atoms with Crippen LogP contribution in [0.3, 0.4) is 0 Å². The smallest absolute Gasteiger partial charge is 1.00 e. The van der Waals surface area contributed by atoms with Crippen molar-refractivity contribution in [2.45, 2.75) is 52.5 Å². The van der Waals surface area contributed by atoms with Crippen LogP contribution in [0, 0.1) is 12.8 Å². The Morgan fingerprint density at radius 1 is 1.32 bits per heavy atom. The maximum absolute atomic E-state index is 12.3. The van der Waals surface area contributed by atoms with Crippen molar-refractivity contribution in [3.8, 4) is 0 Å². The Morgan fingerprint density at radius 2 is 2.04 bits per heavy atom. The predicted molar refractivity (Wildman–Crippen MR) is 99.8 cm³/mol. The third kappa shape index (κ3) is 5.99. The molecule has 0 aliphatic heterocycles. The van der Waals surface area contributed by atoms with E-state index in [1.807, 2.05) is 6.92 Å². The summed E-state index contributed by atoms with van der Waals surface area (Å²) in [4.78, 5) is 35.0. The molecular weight excluding hydrogens is 351 g/mol. The topological polar surface area (TPSA) is 87.5 Å². The summed E-state index contributed by atoms with van der Waals surface area (Å²) in [6, 6.07) is 0. The molecule has 1 aliphatic rings. The van der Waals surface area contributed by atoms with Crippen LogP contribution in [0.4, 0.5) is 0 Å². The minimum Gasteiger partial charge on any atom is -1.00 e. The first-order valence-corrected chi connectivity index (χ1v) is 8.26. The number of rotatable bonds is 7. The molecule has 0 radical (unpaired) electrons. The van der Waals surface area contributed by atoms with Crippen molar-refractivity contribution in [1.82, 2.24) is 9.78 Å². The summed E-state index contributed by atoms with van der Waals surface area (Å²) in [6.45, 7) is 4.42. The van der Waals surface area contributed by atoms with Gasteiger partial charge in [0.15, 0.2) is 0 Å². The number of methoxy groups -OCH3 is 1. The van der Waals surface area contributed by atoms with Crippen molar-refractivity contribution in [1.29, 1.82) is 0 Å². The minimum absolute atomic E-state index is 0. The van der Waals surface area contributed by atoms with Gasteiger partial charge in [-0.2, -0.15) is 5.10 Å². The summed E-state index contributed by atoms with van der Waals surface area (Å²) in [6.07, 6.45) is 2.10. The Hall–Kier alpha value is -0.544. The van der Waals surface area contributed by atoms with Crippen molar-refractivity contribution in [3.05, 3.63) is 17.0 Å². The van der Waals surface area contributed by atoms with E-state index >= 15 is 0 Å². The van der Waals surface area contributed by atoms with Crippen molar-refractivity contribution in [2.75, 3.05) is 13.7 Å². The summed E-state index contributed by atoms with van der Waals surface area (Å²) >= 11 is 0. The van der Waals surface area contributed by atoms with Gasteiger partial charge in [0, 0.05) is 11.6 Å². The molecule has 1 aromatic rings. The summed E-state index contributed by atoms with van der Waals surface area (Å²) < 4.78 is 11.3. The zero-order valence-corrected chi connectivity index (χ0v) is 18.6. The molecule has 0 fully saturated rings. The molecule has 1 unspecified atom stereocenters. The fourth-order valence-electron chi connectivity index (χ4n) is 3.06. The van der Waals surface area contributed by atoms with E-state index in [-0.39, 0.29) is 107 Å². The quantitative estimate of drug-likeness (QED) is 0.350. The molecule has 1 heterocycles. The van der Waals surface area contributed by atoms with Crippen LogP contribution in [-0.2, 0) is 43.2 Å². The third-order valence-electron chi connectivity index (χ3n) is 4.43. The standard InChI is InChI=1S/C17H24N2O5.K.13H/c1-4-24-17(22)10-15(20)12-5-6-14-13(9-12)11(2)19(18-14)8-7-16(21)23-3;;;;;;;;;;;;;;/h12H,4-10H2,1-3H3;;;;;;;;;;;;;;/q;+1;13*-1/i;;13*1+2. The Morgan fingerprint density at radius 3 is 2.68 bits per heavy atom. The van der Waals surface area contributed by atoms with Gasteiger partial charge in [-0.3, -0.25) is 19.1 Å². The summed E-state index contributed by atoms with van der Waals surface area (Å²) in [5, 5.41) is 4.55. The van der Waals surface area contributed by atoms with Gasteiger partial charge in [-0.15, -0.1) is 0 Å². The first-order chi connectivity index (χ1) is 11.5. The average Bonchev–Trinajstić information content (AvgIpc) is 2.88. The van der Waals surface area contributed by atoms with Crippen LogP contribution in [0.5, 0.6) is 0 Å². The van der Waals surface area contributed by atoms with E-state index in [0.29, 0.717) is 25.8 Å². The molecule has 0 N–H and O–H groups in total. The monoisotopic (exact) mass is 414 g/mol. The van der Waals surface area contributed by atoms with Gasteiger partial charge >= 0.3 is 63.3 Å². The van der Waals surface area contributed by atoms with E-state index in [0.717, 1.165) is 17.0 Å². The second kappa shape index (κ2) is 10.6. The molecule has 0 aromatic carbocycles.